The molecule has 0 saturated carbocycles. The first-order valence-corrected chi connectivity index (χ1v) is 5.57. The molecule has 0 bridgehead atoms. The molecule has 0 saturated heterocycles. The fraction of sp³-hybridized carbons (Fsp3) is 1.00. The lowest BCUT2D eigenvalue weighted by Gasteiger charge is -2.43. The van der Waals surface area contributed by atoms with Gasteiger partial charge in [0.05, 0.1) is 0 Å². The molecule has 0 fully saturated rings. The van der Waals surface area contributed by atoms with Gasteiger partial charge in [-0.2, -0.15) is 0 Å². The molecule has 13 heavy (non-hydrogen) atoms. The Morgan fingerprint density at radius 2 is 1.62 bits per heavy atom. The van der Waals surface area contributed by atoms with Crippen molar-refractivity contribution in [2.24, 2.45) is 5.92 Å². The van der Waals surface area contributed by atoms with Crippen molar-refractivity contribution in [2.45, 2.75) is 66.0 Å². The Morgan fingerprint density at radius 1 is 1.15 bits per heavy atom. The topological polar surface area (TPSA) is 3.24 Å². The van der Waals surface area contributed by atoms with Gasteiger partial charge in [0.2, 0.25) is 0 Å². The molecule has 1 heteroatoms. The van der Waals surface area contributed by atoms with E-state index < -0.39 is 0 Å². The highest BCUT2D eigenvalue weighted by Gasteiger charge is 2.29. The number of hydrogen-bond acceptors (Lipinski definition) is 1. The van der Waals surface area contributed by atoms with Crippen molar-refractivity contribution in [2.75, 3.05) is 7.05 Å². The van der Waals surface area contributed by atoms with E-state index in [1.807, 2.05) is 0 Å². The first-order chi connectivity index (χ1) is 5.84. The second kappa shape index (κ2) is 4.99. The van der Waals surface area contributed by atoms with Crippen LogP contribution < -0.4 is 0 Å². The minimum Gasteiger partial charge on any atom is -0.298 e. The lowest BCUT2D eigenvalue weighted by Crippen LogP contribution is -2.49. The zero-order valence-corrected chi connectivity index (χ0v) is 10.5. The third kappa shape index (κ3) is 3.30. The third-order valence-electron chi connectivity index (χ3n) is 3.69. The van der Waals surface area contributed by atoms with Gasteiger partial charge in [0.25, 0.3) is 0 Å². The Kier molecular flexibility index (Phi) is 4.98. The van der Waals surface area contributed by atoms with Gasteiger partial charge in [0.1, 0.15) is 0 Å². The van der Waals surface area contributed by atoms with Crippen molar-refractivity contribution in [1.82, 2.24) is 4.90 Å². The quantitative estimate of drug-likeness (QED) is 0.633. The summed E-state index contributed by atoms with van der Waals surface area (Å²) in [4.78, 5) is 2.52. The van der Waals surface area contributed by atoms with Crippen LogP contribution in [0.4, 0.5) is 0 Å². The van der Waals surface area contributed by atoms with Crippen LogP contribution in [0, 0.1) is 5.92 Å². The number of nitrogens with zero attached hydrogens (tertiary/aromatic N) is 1. The minimum absolute atomic E-state index is 0.314. The van der Waals surface area contributed by atoms with Crippen molar-refractivity contribution in [3.8, 4) is 0 Å². The van der Waals surface area contributed by atoms with E-state index >= 15 is 0 Å². The molecule has 80 valence electrons. The molecule has 0 aliphatic heterocycles. The van der Waals surface area contributed by atoms with Crippen molar-refractivity contribution in [1.29, 1.82) is 0 Å². The van der Waals surface area contributed by atoms with E-state index in [2.05, 4.69) is 53.5 Å². The highest BCUT2D eigenvalue weighted by Crippen LogP contribution is 2.25. The van der Waals surface area contributed by atoms with Crippen molar-refractivity contribution in [3.05, 3.63) is 0 Å². The van der Waals surface area contributed by atoms with E-state index in [9.17, 15) is 0 Å². The van der Waals surface area contributed by atoms with Gasteiger partial charge in [-0.1, -0.05) is 27.2 Å². The van der Waals surface area contributed by atoms with Crippen molar-refractivity contribution < 1.29 is 0 Å². The van der Waals surface area contributed by atoms with E-state index in [1.54, 1.807) is 0 Å². The zero-order valence-electron chi connectivity index (χ0n) is 10.5. The summed E-state index contributed by atoms with van der Waals surface area (Å²) in [5, 5.41) is 0. The summed E-state index contributed by atoms with van der Waals surface area (Å²) < 4.78 is 0. The van der Waals surface area contributed by atoms with Crippen LogP contribution in [0.15, 0.2) is 0 Å². The van der Waals surface area contributed by atoms with Gasteiger partial charge in [-0.25, -0.2) is 0 Å². The molecule has 0 heterocycles. The molecule has 0 amide bonds. The molecule has 0 aromatic carbocycles. The second-order valence-corrected chi connectivity index (χ2v) is 5.06. The summed E-state index contributed by atoms with van der Waals surface area (Å²) in [6.45, 7) is 13.9. The van der Waals surface area contributed by atoms with Crippen LogP contribution >= 0.6 is 0 Å². The smallest absolute Gasteiger partial charge is 0.0175 e. The van der Waals surface area contributed by atoms with E-state index in [-0.39, 0.29) is 0 Å². The van der Waals surface area contributed by atoms with Gasteiger partial charge in [0.15, 0.2) is 0 Å². The fourth-order valence-corrected chi connectivity index (χ4v) is 1.59. The SMILES string of the molecule is CCCC(C)N(C)C(C)(C)C(C)C. The molecule has 0 aliphatic carbocycles. The Bertz CT molecular complexity index is 138. The van der Waals surface area contributed by atoms with Crippen LogP contribution in [-0.2, 0) is 0 Å². The summed E-state index contributed by atoms with van der Waals surface area (Å²) >= 11 is 0. The van der Waals surface area contributed by atoms with E-state index in [1.165, 1.54) is 12.8 Å². The molecule has 1 nitrogen and oxygen atoms in total. The minimum atomic E-state index is 0.314. The van der Waals surface area contributed by atoms with Crippen LogP contribution in [0.3, 0.4) is 0 Å². The second-order valence-electron chi connectivity index (χ2n) is 5.06. The van der Waals surface area contributed by atoms with Crippen LogP contribution in [0.2, 0.25) is 0 Å². The van der Waals surface area contributed by atoms with Gasteiger partial charge < -0.3 is 0 Å². The Morgan fingerprint density at radius 3 is 1.92 bits per heavy atom. The molecule has 0 spiro atoms. The van der Waals surface area contributed by atoms with Crippen molar-refractivity contribution >= 4 is 0 Å². The van der Waals surface area contributed by atoms with Gasteiger partial charge in [-0.05, 0) is 40.2 Å². The maximum absolute atomic E-state index is 2.52. The summed E-state index contributed by atoms with van der Waals surface area (Å²) in [6, 6.07) is 0.697. The number of hydrogen-bond donors (Lipinski definition) is 0. The highest BCUT2D eigenvalue weighted by atomic mass is 15.2. The molecule has 0 aliphatic rings. The molecule has 0 rings (SSSR count). The maximum Gasteiger partial charge on any atom is 0.0175 e. The molecular weight excluding hydrogens is 158 g/mol. The van der Waals surface area contributed by atoms with Gasteiger partial charge >= 0.3 is 0 Å². The molecule has 0 aromatic heterocycles. The molecule has 0 aromatic rings. The van der Waals surface area contributed by atoms with E-state index in [0.29, 0.717) is 17.5 Å². The average Bonchev–Trinajstić information content (AvgIpc) is 2.03. The first kappa shape index (κ1) is 13.0. The monoisotopic (exact) mass is 185 g/mol. The molecule has 0 radical (unpaired) electrons. The number of rotatable bonds is 5. The maximum atomic E-state index is 2.52. The molecule has 1 unspecified atom stereocenters. The Hall–Kier alpha value is -0.0400. The highest BCUT2D eigenvalue weighted by molar-refractivity contribution is 4.85. The van der Waals surface area contributed by atoms with Crippen LogP contribution in [-0.4, -0.2) is 23.5 Å². The Labute approximate surface area is 84.5 Å². The third-order valence-corrected chi connectivity index (χ3v) is 3.69. The summed E-state index contributed by atoms with van der Waals surface area (Å²) in [5.41, 5.74) is 0.314. The van der Waals surface area contributed by atoms with Crippen LogP contribution in [0.5, 0.6) is 0 Å². The zero-order chi connectivity index (χ0) is 10.6. The van der Waals surface area contributed by atoms with Crippen LogP contribution in [0.25, 0.3) is 0 Å². The molecule has 1 atom stereocenters. The summed E-state index contributed by atoms with van der Waals surface area (Å²) in [5.74, 6) is 0.705. The lowest BCUT2D eigenvalue weighted by molar-refractivity contribution is 0.0644. The van der Waals surface area contributed by atoms with Crippen molar-refractivity contribution in [3.63, 3.8) is 0 Å². The summed E-state index contributed by atoms with van der Waals surface area (Å²) in [7, 11) is 2.25. The average molecular weight is 185 g/mol. The predicted molar refractivity (Wildman–Crippen MR) is 61.1 cm³/mol. The lowest BCUT2D eigenvalue weighted by atomic mass is 9.87. The van der Waals surface area contributed by atoms with Gasteiger partial charge in [-0.3, -0.25) is 4.90 Å². The Balaban J connectivity index is 4.30. The molecule has 0 N–H and O–H groups in total. The first-order valence-electron chi connectivity index (χ1n) is 5.57. The van der Waals surface area contributed by atoms with Gasteiger partial charge in [0, 0.05) is 11.6 Å². The van der Waals surface area contributed by atoms with Gasteiger partial charge in [-0.15, -0.1) is 0 Å². The fourth-order valence-electron chi connectivity index (χ4n) is 1.59. The van der Waals surface area contributed by atoms with Crippen LogP contribution in [0.1, 0.15) is 54.4 Å². The van der Waals surface area contributed by atoms with E-state index in [4.69, 9.17) is 0 Å². The molecular formula is C12H27N. The standard InChI is InChI=1S/C12H27N/c1-8-9-11(4)13(7)12(5,6)10(2)3/h10-11H,8-9H2,1-7H3. The summed E-state index contributed by atoms with van der Waals surface area (Å²) in [6.07, 6.45) is 2.58. The largest absolute Gasteiger partial charge is 0.298 e. The normalized spacial score (nSPS) is 15.5. The predicted octanol–water partition coefficient (Wildman–Crippen LogP) is 3.54. The van der Waals surface area contributed by atoms with E-state index in [0.717, 1.165) is 0 Å².